The number of hydrogen-bond acceptors (Lipinski definition) is 8. The molecule has 0 atom stereocenters. The lowest BCUT2D eigenvalue weighted by molar-refractivity contribution is -0.115. The van der Waals surface area contributed by atoms with Crippen molar-refractivity contribution in [2.75, 3.05) is 14.2 Å². The van der Waals surface area contributed by atoms with Gasteiger partial charge in [-0.3, -0.25) is 4.79 Å². The summed E-state index contributed by atoms with van der Waals surface area (Å²) in [5, 5.41) is 3.35. The number of rotatable bonds is 7. The number of amidine groups is 1. The Balaban J connectivity index is 1.47. The van der Waals surface area contributed by atoms with E-state index in [1.807, 2.05) is 38.1 Å². The Labute approximate surface area is 207 Å². The maximum absolute atomic E-state index is 12.5. The van der Waals surface area contributed by atoms with Crippen molar-refractivity contribution in [2.24, 2.45) is 4.99 Å². The predicted molar refractivity (Wildman–Crippen MR) is 134 cm³/mol. The highest BCUT2D eigenvalue weighted by Gasteiger charge is 2.24. The highest BCUT2D eigenvalue weighted by atomic mass is 32.2. The molecule has 9 heteroatoms. The fourth-order valence-electron chi connectivity index (χ4n) is 3.31. The first kappa shape index (κ1) is 24.2. The average molecular weight is 493 g/mol. The van der Waals surface area contributed by atoms with Crippen molar-refractivity contribution < 1.29 is 28.2 Å². The van der Waals surface area contributed by atoms with Gasteiger partial charge in [0, 0.05) is 0 Å². The number of furan rings is 1. The van der Waals surface area contributed by atoms with Gasteiger partial charge in [-0.25, -0.2) is 9.79 Å². The van der Waals surface area contributed by atoms with Crippen LogP contribution in [0.4, 0.5) is 5.69 Å². The predicted octanol–water partition coefficient (Wildman–Crippen LogP) is 5.16. The second kappa shape index (κ2) is 10.5. The maximum Gasteiger partial charge on any atom is 0.373 e. The summed E-state index contributed by atoms with van der Waals surface area (Å²) in [5.74, 6) is 0.791. The molecule has 1 aliphatic heterocycles. The first-order valence-corrected chi connectivity index (χ1v) is 11.5. The maximum atomic E-state index is 12.5. The third-order valence-corrected chi connectivity index (χ3v) is 6.26. The molecule has 180 valence electrons. The van der Waals surface area contributed by atoms with Gasteiger partial charge in [0.15, 0.2) is 16.7 Å². The molecular formula is C26H24N2O6S. The molecule has 0 saturated carbocycles. The van der Waals surface area contributed by atoms with Crippen LogP contribution in [0.3, 0.4) is 0 Å². The second-order valence-electron chi connectivity index (χ2n) is 7.66. The SMILES string of the molecule is COC(=O)c1ccc(COc2ccc(C=C3SC(=Nc4cccc(C)c4C)NC3=O)cc2OC)o1. The molecule has 35 heavy (non-hydrogen) atoms. The summed E-state index contributed by atoms with van der Waals surface area (Å²) in [6.07, 6.45) is 1.77. The number of nitrogens with zero attached hydrogens (tertiary/aromatic N) is 1. The van der Waals surface area contributed by atoms with E-state index in [1.54, 1.807) is 24.3 Å². The van der Waals surface area contributed by atoms with Gasteiger partial charge in [-0.15, -0.1) is 0 Å². The van der Waals surface area contributed by atoms with E-state index >= 15 is 0 Å². The number of carbonyl (C=O) groups excluding carboxylic acids is 2. The van der Waals surface area contributed by atoms with E-state index in [0.717, 1.165) is 22.4 Å². The van der Waals surface area contributed by atoms with Crippen LogP contribution >= 0.6 is 11.8 Å². The molecule has 8 nitrogen and oxygen atoms in total. The zero-order valence-electron chi connectivity index (χ0n) is 19.7. The van der Waals surface area contributed by atoms with Gasteiger partial charge in [-0.2, -0.15) is 0 Å². The number of thioether (sulfide) groups is 1. The zero-order chi connectivity index (χ0) is 24.9. The molecule has 0 spiro atoms. The number of methoxy groups -OCH3 is 2. The number of nitrogens with one attached hydrogen (secondary N) is 1. The highest BCUT2D eigenvalue weighted by Crippen LogP contribution is 2.33. The van der Waals surface area contributed by atoms with Gasteiger partial charge in [-0.1, -0.05) is 18.2 Å². The van der Waals surface area contributed by atoms with E-state index in [2.05, 4.69) is 15.0 Å². The first-order valence-electron chi connectivity index (χ1n) is 10.7. The van der Waals surface area contributed by atoms with Crippen molar-refractivity contribution in [3.05, 3.63) is 81.6 Å². The minimum atomic E-state index is -0.553. The molecule has 1 amide bonds. The Morgan fingerprint density at radius 2 is 1.94 bits per heavy atom. The van der Waals surface area contributed by atoms with Crippen LogP contribution in [0.25, 0.3) is 6.08 Å². The average Bonchev–Trinajstić information content (AvgIpc) is 3.47. The Hall–Kier alpha value is -3.98. The van der Waals surface area contributed by atoms with Crippen LogP contribution < -0.4 is 14.8 Å². The van der Waals surface area contributed by atoms with Gasteiger partial charge < -0.3 is 23.9 Å². The lowest BCUT2D eigenvalue weighted by Crippen LogP contribution is -2.19. The molecule has 1 aliphatic rings. The molecular weight excluding hydrogens is 468 g/mol. The fourth-order valence-corrected chi connectivity index (χ4v) is 4.14. The van der Waals surface area contributed by atoms with Crippen LogP contribution in [0.1, 0.15) is 33.0 Å². The van der Waals surface area contributed by atoms with Gasteiger partial charge in [0.2, 0.25) is 5.76 Å². The van der Waals surface area contributed by atoms with E-state index in [4.69, 9.17) is 13.9 Å². The molecule has 2 aromatic carbocycles. The number of aryl methyl sites for hydroxylation is 1. The topological polar surface area (TPSA) is 99.4 Å². The summed E-state index contributed by atoms with van der Waals surface area (Å²) in [4.78, 5) is 29.2. The summed E-state index contributed by atoms with van der Waals surface area (Å²) < 4.78 is 21.3. The number of benzene rings is 2. The molecule has 0 unspecified atom stereocenters. The number of ether oxygens (including phenoxy) is 3. The molecule has 1 fully saturated rings. The summed E-state index contributed by atoms with van der Waals surface area (Å²) in [5.41, 5.74) is 3.81. The minimum Gasteiger partial charge on any atom is -0.493 e. The second-order valence-corrected chi connectivity index (χ2v) is 8.69. The molecule has 1 aromatic heterocycles. The molecule has 3 aromatic rings. The number of amides is 1. The van der Waals surface area contributed by atoms with Crippen molar-refractivity contribution in [3.63, 3.8) is 0 Å². The Kier molecular flexibility index (Phi) is 7.26. The summed E-state index contributed by atoms with van der Waals surface area (Å²) in [6.45, 7) is 4.14. The van der Waals surface area contributed by atoms with Gasteiger partial charge in [-0.05, 0) is 78.7 Å². The van der Waals surface area contributed by atoms with Crippen molar-refractivity contribution in [2.45, 2.75) is 20.5 Å². The van der Waals surface area contributed by atoms with E-state index in [1.165, 1.54) is 32.0 Å². The van der Waals surface area contributed by atoms with Crippen molar-refractivity contribution in [1.29, 1.82) is 0 Å². The summed E-state index contributed by atoms with van der Waals surface area (Å²) in [7, 11) is 2.82. The first-order chi connectivity index (χ1) is 16.9. The number of carbonyl (C=O) groups is 2. The summed E-state index contributed by atoms with van der Waals surface area (Å²) in [6, 6.07) is 14.4. The van der Waals surface area contributed by atoms with Crippen LogP contribution in [-0.2, 0) is 16.1 Å². The monoisotopic (exact) mass is 492 g/mol. The van der Waals surface area contributed by atoms with Crippen LogP contribution in [0.2, 0.25) is 0 Å². The van der Waals surface area contributed by atoms with Crippen molar-refractivity contribution >= 4 is 40.6 Å². The normalized spacial score (nSPS) is 15.4. The number of esters is 1. The van der Waals surface area contributed by atoms with Crippen LogP contribution in [0, 0.1) is 13.8 Å². The highest BCUT2D eigenvalue weighted by molar-refractivity contribution is 8.18. The zero-order valence-corrected chi connectivity index (χ0v) is 20.5. The van der Waals surface area contributed by atoms with Crippen LogP contribution in [0.5, 0.6) is 11.5 Å². The van der Waals surface area contributed by atoms with Gasteiger partial charge in [0.1, 0.15) is 12.4 Å². The van der Waals surface area contributed by atoms with E-state index in [-0.39, 0.29) is 18.3 Å². The molecule has 0 bridgehead atoms. The lowest BCUT2D eigenvalue weighted by Gasteiger charge is -2.10. The molecule has 0 radical (unpaired) electrons. The van der Waals surface area contributed by atoms with E-state index in [9.17, 15) is 9.59 Å². The van der Waals surface area contributed by atoms with Gasteiger partial charge in [0.05, 0.1) is 24.8 Å². The third kappa shape index (κ3) is 5.58. The van der Waals surface area contributed by atoms with Crippen LogP contribution in [-0.4, -0.2) is 31.3 Å². The number of hydrogen-bond donors (Lipinski definition) is 1. The smallest absolute Gasteiger partial charge is 0.373 e. The number of aliphatic imine (C=N–C) groups is 1. The fraction of sp³-hybridized carbons (Fsp3) is 0.192. The van der Waals surface area contributed by atoms with Gasteiger partial charge >= 0.3 is 5.97 Å². The quantitative estimate of drug-likeness (QED) is 0.359. The van der Waals surface area contributed by atoms with Gasteiger partial charge in [0.25, 0.3) is 5.91 Å². The van der Waals surface area contributed by atoms with Crippen molar-refractivity contribution in [3.8, 4) is 11.5 Å². The molecule has 0 aliphatic carbocycles. The Bertz CT molecular complexity index is 1340. The largest absolute Gasteiger partial charge is 0.493 e. The standard InChI is InChI=1S/C26H24N2O6S/c1-15-6-5-7-19(16(15)2)27-26-28-24(29)23(35-26)13-17-8-10-20(22(12-17)31-3)33-14-18-9-11-21(34-18)25(30)32-4/h5-13H,14H2,1-4H3,(H,27,28,29). The van der Waals surface area contributed by atoms with Crippen molar-refractivity contribution in [1.82, 2.24) is 5.32 Å². The molecule has 4 rings (SSSR count). The Morgan fingerprint density at radius 3 is 2.71 bits per heavy atom. The lowest BCUT2D eigenvalue weighted by atomic mass is 10.1. The van der Waals surface area contributed by atoms with E-state index in [0.29, 0.717) is 27.3 Å². The molecule has 1 saturated heterocycles. The summed E-state index contributed by atoms with van der Waals surface area (Å²) >= 11 is 1.28. The van der Waals surface area contributed by atoms with E-state index < -0.39 is 5.97 Å². The third-order valence-electron chi connectivity index (χ3n) is 5.35. The van der Waals surface area contributed by atoms with Crippen LogP contribution in [0.15, 0.2) is 62.8 Å². The Morgan fingerprint density at radius 1 is 1.11 bits per heavy atom. The minimum absolute atomic E-state index is 0.101. The molecule has 1 N–H and O–H groups in total. The molecule has 2 heterocycles.